The van der Waals surface area contributed by atoms with Crippen molar-refractivity contribution in [1.29, 1.82) is 0 Å². The van der Waals surface area contributed by atoms with Crippen LogP contribution in [0.15, 0.2) is 36.4 Å². The molecule has 0 atom stereocenters. The first-order valence-electron chi connectivity index (χ1n) is 8.19. The van der Waals surface area contributed by atoms with Gasteiger partial charge in [-0.2, -0.15) is 0 Å². The first kappa shape index (κ1) is 15.2. The van der Waals surface area contributed by atoms with Gasteiger partial charge in [-0.05, 0) is 68.0 Å². The number of aromatic carboxylic acids is 1. The fourth-order valence-corrected chi connectivity index (χ4v) is 4.59. The number of hydrogen-bond donors (Lipinski definition) is 1. The predicted octanol–water partition coefficient (Wildman–Crippen LogP) is 5.01. The summed E-state index contributed by atoms with van der Waals surface area (Å²) >= 11 is 1.36. The molecule has 0 bridgehead atoms. The highest BCUT2D eigenvalue weighted by Crippen LogP contribution is 2.37. The molecule has 4 rings (SSSR count). The third-order valence-electron chi connectivity index (χ3n) is 4.80. The lowest BCUT2D eigenvalue weighted by molar-refractivity contribution is 0.0702. The van der Waals surface area contributed by atoms with Crippen molar-refractivity contribution in [3.63, 3.8) is 0 Å². The summed E-state index contributed by atoms with van der Waals surface area (Å²) in [5.41, 5.74) is 6.83. The van der Waals surface area contributed by atoms with Crippen LogP contribution in [0.3, 0.4) is 0 Å². The van der Waals surface area contributed by atoms with Crippen LogP contribution >= 0.6 is 11.3 Å². The zero-order chi connectivity index (χ0) is 16.8. The van der Waals surface area contributed by atoms with Gasteiger partial charge in [0.2, 0.25) is 0 Å². The van der Waals surface area contributed by atoms with Gasteiger partial charge in [-0.3, -0.25) is 0 Å². The fourth-order valence-electron chi connectivity index (χ4n) is 3.62. The van der Waals surface area contributed by atoms with Gasteiger partial charge in [0, 0.05) is 16.3 Å². The molecule has 2 aromatic heterocycles. The molecule has 1 N–H and O–H groups in total. The molecule has 0 aliphatic heterocycles. The molecule has 122 valence electrons. The average Bonchev–Trinajstić information content (AvgIpc) is 3.25. The Kier molecular flexibility index (Phi) is 3.57. The van der Waals surface area contributed by atoms with E-state index in [0.29, 0.717) is 4.88 Å². The van der Waals surface area contributed by atoms with E-state index < -0.39 is 5.97 Å². The number of thiophene rings is 1. The lowest BCUT2D eigenvalue weighted by atomic mass is 10.1. The fraction of sp³-hybridized carbons (Fsp3) is 0.250. The summed E-state index contributed by atoms with van der Waals surface area (Å²) in [7, 11) is 0. The number of carboxylic acid groups (broad SMARTS) is 1. The summed E-state index contributed by atoms with van der Waals surface area (Å²) in [6, 6.07) is 12.6. The zero-order valence-corrected chi connectivity index (χ0v) is 14.6. The van der Waals surface area contributed by atoms with Gasteiger partial charge in [0.25, 0.3) is 0 Å². The quantitative estimate of drug-likeness (QED) is 0.730. The molecule has 3 aromatic rings. The lowest BCUT2D eigenvalue weighted by Crippen LogP contribution is -2.03. The van der Waals surface area contributed by atoms with Gasteiger partial charge < -0.3 is 9.67 Å². The highest BCUT2D eigenvalue weighted by Gasteiger charge is 2.20. The average molecular weight is 337 g/mol. The summed E-state index contributed by atoms with van der Waals surface area (Å²) < 4.78 is 2.02. The van der Waals surface area contributed by atoms with Crippen LogP contribution in [0.4, 0.5) is 0 Å². The summed E-state index contributed by atoms with van der Waals surface area (Å²) in [5, 5.41) is 9.66. The molecule has 1 aliphatic carbocycles. The highest BCUT2D eigenvalue weighted by molar-refractivity contribution is 7.17. The normalized spacial score (nSPS) is 13.2. The third-order valence-corrected chi connectivity index (χ3v) is 5.96. The molecule has 4 heteroatoms. The molecule has 1 aliphatic rings. The topological polar surface area (TPSA) is 42.2 Å². The van der Waals surface area contributed by atoms with E-state index in [0.717, 1.165) is 40.4 Å². The Labute approximate surface area is 145 Å². The molecule has 0 unspecified atom stereocenters. The number of carbonyl (C=O) groups is 1. The second kappa shape index (κ2) is 5.64. The number of hydrogen-bond acceptors (Lipinski definition) is 2. The maximum absolute atomic E-state index is 11.8. The molecular formula is C20H19NO2S. The predicted molar refractivity (Wildman–Crippen MR) is 97.5 cm³/mol. The molecule has 1 aromatic carbocycles. The molecule has 0 spiro atoms. The van der Waals surface area contributed by atoms with E-state index >= 15 is 0 Å². The molecule has 2 heterocycles. The minimum absolute atomic E-state index is 0.396. The van der Waals surface area contributed by atoms with Crippen LogP contribution in [0.5, 0.6) is 0 Å². The first-order valence-corrected chi connectivity index (χ1v) is 9.01. The van der Waals surface area contributed by atoms with E-state index in [9.17, 15) is 9.90 Å². The highest BCUT2D eigenvalue weighted by atomic mass is 32.1. The van der Waals surface area contributed by atoms with Crippen LogP contribution in [0, 0.1) is 13.8 Å². The Morgan fingerprint density at radius 1 is 1.04 bits per heavy atom. The maximum atomic E-state index is 11.8. The Balaban J connectivity index is 1.87. The van der Waals surface area contributed by atoms with Gasteiger partial charge in [0.1, 0.15) is 4.88 Å². The molecule has 0 saturated carbocycles. The van der Waals surface area contributed by atoms with Gasteiger partial charge >= 0.3 is 5.97 Å². The number of fused-ring (bicyclic) bond motifs is 1. The molecule has 0 amide bonds. The minimum Gasteiger partial charge on any atom is -0.477 e. The van der Waals surface area contributed by atoms with Crippen LogP contribution in [0.1, 0.15) is 38.6 Å². The Morgan fingerprint density at radius 2 is 1.75 bits per heavy atom. The lowest BCUT2D eigenvalue weighted by Gasteiger charge is -2.08. The summed E-state index contributed by atoms with van der Waals surface area (Å²) in [6.45, 7) is 4.01. The van der Waals surface area contributed by atoms with Gasteiger partial charge in [0.15, 0.2) is 0 Å². The smallest absolute Gasteiger partial charge is 0.348 e. The first-order chi connectivity index (χ1) is 11.5. The Hall–Kier alpha value is -2.33. The van der Waals surface area contributed by atoms with Crippen molar-refractivity contribution in [2.45, 2.75) is 33.1 Å². The number of aryl methyl sites for hydroxylation is 4. The van der Waals surface area contributed by atoms with Crippen LogP contribution in [-0.2, 0) is 12.8 Å². The van der Waals surface area contributed by atoms with E-state index in [4.69, 9.17) is 0 Å². The van der Waals surface area contributed by atoms with Crippen molar-refractivity contribution in [2.75, 3.05) is 0 Å². The van der Waals surface area contributed by atoms with Crippen molar-refractivity contribution in [3.8, 4) is 16.1 Å². The van der Waals surface area contributed by atoms with E-state index in [2.05, 4.69) is 18.2 Å². The summed E-state index contributed by atoms with van der Waals surface area (Å²) in [6.07, 6.45) is 3.51. The largest absolute Gasteiger partial charge is 0.477 e. The van der Waals surface area contributed by atoms with Crippen molar-refractivity contribution in [3.05, 3.63) is 63.8 Å². The molecule has 0 fully saturated rings. The second-order valence-corrected chi connectivity index (χ2v) is 7.47. The SMILES string of the molecule is Cc1ccc(C)n1-c1cc(-c2ccc3c(c2)CCC3)sc1C(=O)O. The van der Waals surface area contributed by atoms with E-state index in [1.54, 1.807) is 0 Å². The number of carboxylic acids is 1. The second-order valence-electron chi connectivity index (χ2n) is 6.42. The molecular weight excluding hydrogens is 318 g/mol. The van der Waals surface area contributed by atoms with Crippen molar-refractivity contribution in [2.24, 2.45) is 0 Å². The summed E-state index contributed by atoms with van der Waals surface area (Å²) in [4.78, 5) is 13.2. The molecule has 0 radical (unpaired) electrons. The van der Waals surface area contributed by atoms with Gasteiger partial charge in [0.05, 0.1) is 5.69 Å². The number of aromatic nitrogens is 1. The maximum Gasteiger partial charge on any atom is 0.348 e. The Bertz CT molecular complexity index is 929. The summed E-state index contributed by atoms with van der Waals surface area (Å²) in [5.74, 6) is -0.866. The molecule has 0 saturated heterocycles. The van der Waals surface area contributed by atoms with E-state index in [1.165, 1.54) is 28.9 Å². The van der Waals surface area contributed by atoms with Crippen LogP contribution < -0.4 is 0 Å². The van der Waals surface area contributed by atoms with Crippen LogP contribution in [0.25, 0.3) is 16.1 Å². The third kappa shape index (κ3) is 2.38. The Morgan fingerprint density at radius 3 is 2.46 bits per heavy atom. The number of rotatable bonds is 3. The van der Waals surface area contributed by atoms with Crippen molar-refractivity contribution < 1.29 is 9.90 Å². The van der Waals surface area contributed by atoms with Gasteiger partial charge in [-0.25, -0.2) is 4.79 Å². The number of nitrogens with zero attached hydrogens (tertiary/aromatic N) is 1. The van der Waals surface area contributed by atoms with Gasteiger partial charge in [-0.1, -0.05) is 18.2 Å². The standard InChI is InChI=1S/C20H19NO2S/c1-12-6-7-13(2)21(12)17-11-18(24-19(17)20(22)23)16-9-8-14-4-3-5-15(14)10-16/h6-11H,3-5H2,1-2H3,(H,22,23). The minimum atomic E-state index is -0.866. The zero-order valence-electron chi connectivity index (χ0n) is 13.8. The van der Waals surface area contributed by atoms with Crippen LogP contribution in [0.2, 0.25) is 0 Å². The van der Waals surface area contributed by atoms with Crippen molar-refractivity contribution in [1.82, 2.24) is 4.57 Å². The van der Waals surface area contributed by atoms with Gasteiger partial charge in [-0.15, -0.1) is 11.3 Å². The van der Waals surface area contributed by atoms with E-state index in [-0.39, 0.29) is 0 Å². The molecule has 24 heavy (non-hydrogen) atoms. The molecule has 3 nitrogen and oxygen atoms in total. The van der Waals surface area contributed by atoms with E-state index in [1.807, 2.05) is 36.6 Å². The van der Waals surface area contributed by atoms with Crippen LogP contribution in [-0.4, -0.2) is 15.6 Å². The van der Waals surface area contributed by atoms with Crippen molar-refractivity contribution >= 4 is 17.3 Å². The monoisotopic (exact) mass is 337 g/mol. The number of benzene rings is 1.